The van der Waals surface area contributed by atoms with Crippen molar-refractivity contribution in [2.24, 2.45) is 0 Å². The molecule has 0 N–H and O–H groups in total. The van der Waals surface area contributed by atoms with Crippen molar-refractivity contribution >= 4 is 0 Å². The molecule has 20 heavy (non-hydrogen) atoms. The Kier molecular flexibility index (Phi) is 3.65. The molecular weight excluding hydrogens is 240 g/mol. The van der Waals surface area contributed by atoms with E-state index in [1.54, 1.807) is 0 Å². The maximum atomic E-state index is 2.39. The van der Waals surface area contributed by atoms with Crippen molar-refractivity contribution in [2.45, 2.75) is 51.4 Å². The zero-order chi connectivity index (χ0) is 14.0. The molecule has 0 saturated heterocycles. The summed E-state index contributed by atoms with van der Waals surface area (Å²) in [4.78, 5) is 0. The molecule has 0 bridgehead atoms. The molecule has 0 radical (unpaired) electrons. The Bertz CT molecular complexity index is 571. The lowest BCUT2D eigenvalue weighted by Gasteiger charge is -2.39. The van der Waals surface area contributed by atoms with Crippen molar-refractivity contribution in [3.63, 3.8) is 0 Å². The minimum Gasteiger partial charge on any atom is -0.0617 e. The Balaban J connectivity index is 2.11. The molecule has 0 aromatic heterocycles. The molecule has 0 heteroatoms. The van der Waals surface area contributed by atoms with Gasteiger partial charge in [-0.2, -0.15) is 0 Å². The highest BCUT2D eigenvalue weighted by molar-refractivity contribution is 5.42. The minimum absolute atomic E-state index is 0.248. The molecule has 1 fully saturated rings. The van der Waals surface area contributed by atoms with E-state index < -0.39 is 0 Å². The molecule has 0 atom stereocenters. The molecule has 0 unspecified atom stereocenters. The number of rotatable bonds is 2. The van der Waals surface area contributed by atoms with E-state index in [1.807, 2.05) is 0 Å². The molecule has 2 aromatic rings. The van der Waals surface area contributed by atoms with Crippen LogP contribution >= 0.6 is 0 Å². The SMILES string of the molecule is Cc1ccc(C2(c3cccc(C)c3)CCCCC2)cc1. The minimum atomic E-state index is 0.248. The number of hydrogen-bond donors (Lipinski definition) is 0. The van der Waals surface area contributed by atoms with Gasteiger partial charge in [0.25, 0.3) is 0 Å². The normalized spacial score (nSPS) is 17.9. The molecule has 0 spiro atoms. The summed E-state index contributed by atoms with van der Waals surface area (Å²) in [6.45, 7) is 4.37. The predicted molar refractivity (Wildman–Crippen MR) is 86.2 cm³/mol. The van der Waals surface area contributed by atoms with Gasteiger partial charge in [0.1, 0.15) is 0 Å². The number of aryl methyl sites for hydroxylation is 2. The first-order chi connectivity index (χ1) is 9.71. The molecule has 1 saturated carbocycles. The van der Waals surface area contributed by atoms with E-state index in [1.165, 1.54) is 54.4 Å². The van der Waals surface area contributed by atoms with Gasteiger partial charge in [-0.05, 0) is 37.8 Å². The van der Waals surface area contributed by atoms with Crippen LogP contribution in [0.4, 0.5) is 0 Å². The van der Waals surface area contributed by atoms with Crippen LogP contribution in [0.3, 0.4) is 0 Å². The lowest BCUT2D eigenvalue weighted by atomic mass is 9.65. The summed E-state index contributed by atoms with van der Waals surface area (Å²) >= 11 is 0. The van der Waals surface area contributed by atoms with Crippen LogP contribution in [-0.2, 0) is 5.41 Å². The Hall–Kier alpha value is -1.56. The highest BCUT2D eigenvalue weighted by atomic mass is 14.4. The predicted octanol–water partition coefficient (Wildman–Crippen LogP) is 5.55. The molecule has 1 aliphatic carbocycles. The van der Waals surface area contributed by atoms with Gasteiger partial charge in [0, 0.05) is 5.41 Å². The fraction of sp³-hybridized carbons (Fsp3) is 0.400. The molecule has 0 aliphatic heterocycles. The van der Waals surface area contributed by atoms with Crippen molar-refractivity contribution in [2.75, 3.05) is 0 Å². The summed E-state index contributed by atoms with van der Waals surface area (Å²) < 4.78 is 0. The number of hydrogen-bond acceptors (Lipinski definition) is 0. The Morgan fingerprint density at radius 1 is 0.700 bits per heavy atom. The summed E-state index contributed by atoms with van der Waals surface area (Å²) in [5.41, 5.74) is 6.00. The summed E-state index contributed by atoms with van der Waals surface area (Å²) in [7, 11) is 0. The fourth-order valence-corrected chi connectivity index (χ4v) is 3.71. The van der Waals surface area contributed by atoms with Crippen LogP contribution < -0.4 is 0 Å². The van der Waals surface area contributed by atoms with Crippen LogP contribution in [0.25, 0.3) is 0 Å². The van der Waals surface area contributed by atoms with Gasteiger partial charge < -0.3 is 0 Å². The molecule has 0 nitrogen and oxygen atoms in total. The second-order valence-corrected chi connectivity index (χ2v) is 6.38. The first-order valence-electron chi connectivity index (χ1n) is 7.85. The second-order valence-electron chi connectivity index (χ2n) is 6.38. The largest absolute Gasteiger partial charge is 0.0617 e. The van der Waals surface area contributed by atoms with Gasteiger partial charge in [0.05, 0.1) is 0 Å². The quantitative estimate of drug-likeness (QED) is 0.666. The van der Waals surface area contributed by atoms with E-state index >= 15 is 0 Å². The molecule has 0 heterocycles. The monoisotopic (exact) mass is 264 g/mol. The van der Waals surface area contributed by atoms with Gasteiger partial charge >= 0.3 is 0 Å². The highest BCUT2D eigenvalue weighted by Crippen LogP contribution is 2.45. The second kappa shape index (κ2) is 5.44. The van der Waals surface area contributed by atoms with Crippen LogP contribution in [0, 0.1) is 13.8 Å². The lowest BCUT2D eigenvalue weighted by molar-refractivity contribution is 0.346. The lowest BCUT2D eigenvalue weighted by Crippen LogP contribution is -2.30. The standard InChI is InChI=1S/C20H24/c1-16-9-11-18(12-10-16)20(13-4-3-5-14-20)19-8-6-7-17(2)15-19/h6-12,15H,3-5,13-14H2,1-2H3. The van der Waals surface area contributed by atoms with Crippen LogP contribution in [0.1, 0.15) is 54.4 Å². The van der Waals surface area contributed by atoms with E-state index in [9.17, 15) is 0 Å². The third-order valence-electron chi connectivity index (χ3n) is 4.88. The molecule has 3 rings (SSSR count). The molecule has 104 valence electrons. The molecule has 1 aliphatic rings. The van der Waals surface area contributed by atoms with Crippen LogP contribution in [-0.4, -0.2) is 0 Å². The molecule has 0 amide bonds. The van der Waals surface area contributed by atoms with E-state index in [-0.39, 0.29) is 5.41 Å². The van der Waals surface area contributed by atoms with Gasteiger partial charge in [0.2, 0.25) is 0 Å². The topological polar surface area (TPSA) is 0 Å². The fourth-order valence-electron chi connectivity index (χ4n) is 3.71. The van der Waals surface area contributed by atoms with E-state index in [4.69, 9.17) is 0 Å². The van der Waals surface area contributed by atoms with Gasteiger partial charge in [-0.15, -0.1) is 0 Å². The highest BCUT2D eigenvalue weighted by Gasteiger charge is 2.35. The third kappa shape index (κ3) is 2.40. The maximum absolute atomic E-state index is 2.39. The Labute approximate surface area is 122 Å². The third-order valence-corrected chi connectivity index (χ3v) is 4.88. The molecular formula is C20H24. The van der Waals surface area contributed by atoms with E-state index in [0.29, 0.717) is 0 Å². The average Bonchev–Trinajstić information content (AvgIpc) is 2.49. The van der Waals surface area contributed by atoms with Crippen molar-refractivity contribution in [3.8, 4) is 0 Å². The van der Waals surface area contributed by atoms with E-state index in [2.05, 4.69) is 62.4 Å². The average molecular weight is 264 g/mol. The van der Waals surface area contributed by atoms with Gasteiger partial charge in [-0.1, -0.05) is 78.9 Å². The summed E-state index contributed by atoms with van der Waals surface area (Å²) in [5, 5.41) is 0. The number of benzene rings is 2. The first-order valence-corrected chi connectivity index (χ1v) is 7.85. The first kappa shape index (κ1) is 13.4. The van der Waals surface area contributed by atoms with E-state index in [0.717, 1.165) is 0 Å². The summed E-state index contributed by atoms with van der Waals surface area (Å²) in [6.07, 6.45) is 6.67. The van der Waals surface area contributed by atoms with Crippen molar-refractivity contribution < 1.29 is 0 Å². The zero-order valence-electron chi connectivity index (χ0n) is 12.7. The summed E-state index contributed by atoms with van der Waals surface area (Å²) in [5.74, 6) is 0. The smallest absolute Gasteiger partial charge is 0.0203 e. The van der Waals surface area contributed by atoms with Gasteiger partial charge in [-0.3, -0.25) is 0 Å². The van der Waals surface area contributed by atoms with Crippen molar-refractivity contribution in [3.05, 3.63) is 70.8 Å². The van der Waals surface area contributed by atoms with Gasteiger partial charge in [-0.25, -0.2) is 0 Å². The van der Waals surface area contributed by atoms with Crippen LogP contribution in [0.15, 0.2) is 48.5 Å². The Morgan fingerprint density at radius 2 is 1.40 bits per heavy atom. The zero-order valence-corrected chi connectivity index (χ0v) is 12.7. The van der Waals surface area contributed by atoms with Crippen LogP contribution in [0.5, 0.6) is 0 Å². The maximum Gasteiger partial charge on any atom is 0.0203 e. The van der Waals surface area contributed by atoms with Crippen LogP contribution in [0.2, 0.25) is 0 Å². The molecule has 2 aromatic carbocycles. The van der Waals surface area contributed by atoms with Gasteiger partial charge in [0.15, 0.2) is 0 Å². The Morgan fingerprint density at radius 3 is 2.05 bits per heavy atom. The van der Waals surface area contributed by atoms with Crippen molar-refractivity contribution in [1.82, 2.24) is 0 Å². The van der Waals surface area contributed by atoms with Crippen molar-refractivity contribution in [1.29, 1.82) is 0 Å². The summed E-state index contributed by atoms with van der Waals surface area (Å²) in [6, 6.07) is 18.4.